The van der Waals surface area contributed by atoms with Gasteiger partial charge >= 0.3 is 6.09 Å². The number of rotatable bonds is 4. The van der Waals surface area contributed by atoms with Crippen LogP contribution in [0, 0.1) is 0 Å². The van der Waals surface area contributed by atoms with Gasteiger partial charge in [-0.1, -0.05) is 0 Å². The SMILES string of the molecule is CCn1cc(N[C@@H]2CCC[C@@H]2NC(=O)OC(C)(C)C)cn1. The van der Waals surface area contributed by atoms with Crippen molar-refractivity contribution in [1.82, 2.24) is 15.1 Å². The minimum absolute atomic E-state index is 0.102. The fraction of sp³-hybridized carbons (Fsp3) is 0.733. The van der Waals surface area contributed by atoms with E-state index in [9.17, 15) is 4.79 Å². The number of ether oxygens (including phenoxy) is 1. The molecule has 21 heavy (non-hydrogen) atoms. The second-order valence-electron chi connectivity index (χ2n) is 6.52. The molecule has 1 aliphatic rings. The van der Waals surface area contributed by atoms with Crippen molar-refractivity contribution in [2.45, 2.75) is 71.2 Å². The van der Waals surface area contributed by atoms with Crippen LogP contribution < -0.4 is 10.6 Å². The van der Waals surface area contributed by atoms with Crippen molar-refractivity contribution in [2.75, 3.05) is 5.32 Å². The van der Waals surface area contributed by atoms with Gasteiger partial charge in [-0.25, -0.2) is 4.79 Å². The molecule has 1 fully saturated rings. The summed E-state index contributed by atoms with van der Waals surface area (Å²) < 4.78 is 7.21. The molecule has 118 valence electrons. The summed E-state index contributed by atoms with van der Waals surface area (Å²) >= 11 is 0. The first-order valence-electron chi connectivity index (χ1n) is 7.66. The lowest BCUT2D eigenvalue weighted by atomic mass is 10.1. The molecule has 1 amide bonds. The molecular formula is C15H26N4O2. The first-order valence-corrected chi connectivity index (χ1v) is 7.66. The first-order chi connectivity index (χ1) is 9.87. The van der Waals surface area contributed by atoms with Crippen LogP contribution in [0.25, 0.3) is 0 Å². The molecule has 0 saturated heterocycles. The Hall–Kier alpha value is -1.72. The fourth-order valence-electron chi connectivity index (χ4n) is 2.59. The minimum atomic E-state index is -0.464. The van der Waals surface area contributed by atoms with Crippen LogP contribution in [0.2, 0.25) is 0 Å². The van der Waals surface area contributed by atoms with E-state index in [0.29, 0.717) is 0 Å². The highest BCUT2D eigenvalue weighted by Crippen LogP contribution is 2.23. The quantitative estimate of drug-likeness (QED) is 0.896. The number of anilines is 1. The first kappa shape index (κ1) is 15.7. The number of aromatic nitrogens is 2. The highest BCUT2D eigenvalue weighted by atomic mass is 16.6. The number of nitrogens with one attached hydrogen (secondary N) is 2. The summed E-state index contributed by atoms with van der Waals surface area (Å²) in [4.78, 5) is 11.9. The van der Waals surface area contributed by atoms with E-state index < -0.39 is 5.60 Å². The Morgan fingerprint density at radius 1 is 1.43 bits per heavy atom. The molecule has 0 unspecified atom stereocenters. The lowest BCUT2D eigenvalue weighted by Gasteiger charge is -2.25. The van der Waals surface area contributed by atoms with Crippen LogP contribution in [-0.2, 0) is 11.3 Å². The summed E-state index contributed by atoms with van der Waals surface area (Å²) in [7, 11) is 0. The van der Waals surface area contributed by atoms with Crippen molar-refractivity contribution in [3.05, 3.63) is 12.4 Å². The summed E-state index contributed by atoms with van der Waals surface area (Å²) in [6, 6.07) is 0.330. The zero-order chi connectivity index (χ0) is 15.5. The maximum Gasteiger partial charge on any atom is 0.407 e. The molecule has 1 aromatic heterocycles. The Bertz CT molecular complexity index is 478. The molecule has 2 rings (SSSR count). The van der Waals surface area contributed by atoms with Gasteiger partial charge in [0.05, 0.1) is 17.9 Å². The van der Waals surface area contributed by atoms with Gasteiger partial charge in [-0.15, -0.1) is 0 Å². The standard InChI is InChI=1S/C15H26N4O2/c1-5-19-10-11(9-16-19)17-12-7-6-8-13(12)18-14(20)21-15(2,3)4/h9-10,12-13,17H,5-8H2,1-4H3,(H,18,20)/t12-,13+/m1/s1. The molecule has 1 aromatic rings. The third kappa shape index (κ3) is 4.65. The molecule has 2 atom stereocenters. The molecule has 1 aliphatic carbocycles. The van der Waals surface area contributed by atoms with Crippen molar-refractivity contribution in [3.63, 3.8) is 0 Å². The van der Waals surface area contributed by atoms with E-state index in [1.54, 1.807) is 0 Å². The molecule has 1 saturated carbocycles. The predicted molar refractivity (Wildman–Crippen MR) is 82.3 cm³/mol. The van der Waals surface area contributed by atoms with Crippen LogP contribution in [0.5, 0.6) is 0 Å². The van der Waals surface area contributed by atoms with Crippen LogP contribution in [0.4, 0.5) is 10.5 Å². The second kappa shape index (κ2) is 6.37. The monoisotopic (exact) mass is 294 g/mol. The van der Waals surface area contributed by atoms with Gasteiger partial charge in [0.1, 0.15) is 5.60 Å². The molecule has 1 heterocycles. The largest absolute Gasteiger partial charge is 0.444 e. The molecule has 6 heteroatoms. The van der Waals surface area contributed by atoms with Gasteiger partial charge in [-0.2, -0.15) is 5.10 Å². The molecule has 2 N–H and O–H groups in total. The topological polar surface area (TPSA) is 68.2 Å². The third-order valence-corrected chi connectivity index (χ3v) is 3.53. The Morgan fingerprint density at radius 3 is 2.76 bits per heavy atom. The van der Waals surface area contributed by atoms with Gasteiger partial charge < -0.3 is 15.4 Å². The molecule has 0 spiro atoms. The highest BCUT2D eigenvalue weighted by molar-refractivity contribution is 5.68. The van der Waals surface area contributed by atoms with Gasteiger partial charge in [0.15, 0.2) is 0 Å². The Kier molecular flexibility index (Phi) is 4.75. The number of hydrogen-bond donors (Lipinski definition) is 2. The van der Waals surface area contributed by atoms with Gasteiger partial charge in [0.2, 0.25) is 0 Å². The van der Waals surface area contributed by atoms with E-state index in [2.05, 4.69) is 22.7 Å². The van der Waals surface area contributed by atoms with Gasteiger partial charge in [-0.05, 0) is 47.0 Å². The normalized spacial score (nSPS) is 22.1. The smallest absolute Gasteiger partial charge is 0.407 e. The molecule has 0 aliphatic heterocycles. The Labute approximate surface area is 126 Å². The Morgan fingerprint density at radius 2 is 2.14 bits per heavy atom. The van der Waals surface area contributed by atoms with E-state index in [1.165, 1.54) is 0 Å². The number of carbonyl (C=O) groups excluding carboxylic acids is 1. The summed E-state index contributed by atoms with van der Waals surface area (Å²) in [5.41, 5.74) is 0.535. The van der Waals surface area contributed by atoms with E-state index in [-0.39, 0.29) is 18.2 Å². The highest BCUT2D eigenvalue weighted by Gasteiger charge is 2.30. The van der Waals surface area contributed by atoms with E-state index in [1.807, 2.05) is 37.8 Å². The van der Waals surface area contributed by atoms with Crippen molar-refractivity contribution in [2.24, 2.45) is 0 Å². The molecule has 0 aromatic carbocycles. The zero-order valence-electron chi connectivity index (χ0n) is 13.3. The average molecular weight is 294 g/mol. The lowest BCUT2D eigenvalue weighted by molar-refractivity contribution is 0.0503. The maximum absolute atomic E-state index is 11.9. The van der Waals surface area contributed by atoms with E-state index >= 15 is 0 Å². The van der Waals surface area contributed by atoms with Gasteiger partial charge in [0, 0.05) is 18.8 Å². The van der Waals surface area contributed by atoms with Gasteiger partial charge in [0.25, 0.3) is 0 Å². The molecule has 0 radical (unpaired) electrons. The van der Waals surface area contributed by atoms with Crippen LogP contribution in [-0.4, -0.2) is 33.6 Å². The third-order valence-electron chi connectivity index (χ3n) is 3.53. The van der Waals surface area contributed by atoms with Crippen LogP contribution in [0.15, 0.2) is 12.4 Å². The average Bonchev–Trinajstić information content (AvgIpc) is 2.97. The number of amides is 1. The molecule has 6 nitrogen and oxygen atoms in total. The number of alkyl carbamates (subject to hydrolysis) is 1. The summed E-state index contributed by atoms with van der Waals surface area (Å²) in [6.45, 7) is 8.52. The number of carbonyl (C=O) groups is 1. The van der Waals surface area contributed by atoms with Crippen molar-refractivity contribution in [1.29, 1.82) is 0 Å². The lowest BCUT2D eigenvalue weighted by Crippen LogP contribution is -2.45. The number of aryl methyl sites for hydroxylation is 1. The maximum atomic E-state index is 11.9. The van der Waals surface area contributed by atoms with Gasteiger partial charge in [-0.3, -0.25) is 4.68 Å². The second-order valence-corrected chi connectivity index (χ2v) is 6.52. The summed E-state index contributed by atoms with van der Waals surface area (Å²) in [5, 5.41) is 10.7. The fourth-order valence-corrected chi connectivity index (χ4v) is 2.59. The van der Waals surface area contributed by atoms with Crippen LogP contribution in [0.3, 0.4) is 0 Å². The summed E-state index contributed by atoms with van der Waals surface area (Å²) in [5.74, 6) is 0. The summed E-state index contributed by atoms with van der Waals surface area (Å²) in [6.07, 6.45) is 6.58. The minimum Gasteiger partial charge on any atom is -0.444 e. The predicted octanol–water partition coefficient (Wildman–Crippen LogP) is 2.76. The van der Waals surface area contributed by atoms with Crippen molar-refractivity contribution < 1.29 is 9.53 Å². The van der Waals surface area contributed by atoms with Crippen molar-refractivity contribution >= 4 is 11.8 Å². The van der Waals surface area contributed by atoms with Crippen LogP contribution >= 0.6 is 0 Å². The van der Waals surface area contributed by atoms with E-state index in [4.69, 9.17) is 4.74 Å². The van der Waals surface area contributed by atoms with E-state index in [0.717, 1.165) is 31.5 Å². The zero-order valence-corrected chi connectivity index (χ0v) is 13.3. The number of hydrogen-bond acceptors (Lipinski definition) is 4. The van der Waals surface area contributed by atoms with Crippen molar-refractivity contribution in [3.8, 4) is 0 Å². The number of nitrogens with zero attached hydrogens (tertiary/aromatic N) is 2. The Balaban J connectivity index is 1.89. The molecular weight excluding hydrogens is 268 g/mol. The van der Waals surface area contributed by atoms with Crippen LogP contribution in [0.1, 0.15) is 47.0 Å². The molecule has 0 bridgehead atoms.